The van der Waals surface area contributed by atoms with Crippen LogP contribution in [0.3, 0.4) is 0 Å². The molecule has 0 aliphatic carbocycles. The van der Waals surface area contributed by atoms with Crippen LogP contribution in [0.5, 0.6) is 0 Å². The molecule has 0 radical (unpaired) electrons. The highest BCUT2D eigenvalue weighted by molar-refractivity contribution is 5.89. The second-order valence-corrected chi connectivity index (χ2v) is 4.53. The first-order valence-corrected chi connectivity index (χ1v) is 6.66. The van der Waals surface area contributed by atoms with E-state index in [-0.39, 0.29) is 12.0 Å². The number of urea groups is 1. The van der Waals surface area contributed by atoms with Crippen molar-refractivity contribution in [2.24, 2.45) is 7.05 Å². The van der Waals surface area contributed by atoms with Gasteiger partial charge in [0.05, 0.1) is 12.7 Å². The van der Waals surface area contributed by atoms with Gasteiger partial charge in [-0.2, -0.15) is 10.1 Å². The molecule has 1 aromatic heterocycles. The number of esters is 1. The molecule has 8 heteroatoms. The molecule has 1 heterocycles. The van der Waals surface area contributed by atoms with E-state index >= 15 is 0 Å². The minimum absolute atomic E-state index is 0.361. The average molecular weight is 303 g/mol. The summed E-state index contributed by atoms with van der Waals surface area (Å²) in [5.41, 5.74) is 1.42. The van der Waals surface area contributed by atoms with Gasteiger partial charge in [-0.15, -0.1) is 0 Å². The van der Waals surface area contributed by atoms with Gasteiger partial charge in [0.2, 0.25) is 5.95 Å². The first-order valence-electron chi connectivity index (χ1n) is 6.66. The van der Waals surface area contributed by atoms with Crippen LogP contribution in [0.1, 0.15) is 15.9 Å². The molecule has 0 spiro atoms. The molecule has 0 saturated carbocycles. The van der Waals surface area contributed by atoms with Crippen LogP contribution >= 0.6 is 0 Å². The molecule has 2 N–H and O–H groups in total. The number of nitrogens with one attached hydrogen (secondary N) is 2. The normalized spacial score (nSPS) is 10.1. The monoisotopic (exact) mass is 303 g/mol. The van der Waals surface area contributed by atoms with E-state index in [0.717, 1.165) is 5.56 Å². The Morgan fingerprint density at radius 1 is 1.36 bits per heavy atom. The van der Waals surface area contributed by atoms with Crippen LogP contribution in [0.25, 0.3) is 0 Å². The number of aryl methyl sites for hydroxylation is 1. The van der Waals surface area contributed by atoms with Gasteiger partial charge in [-0.1, -0.05) is 12.1 Å². The minimum atomic E-state index is -0.380. The lowest BCUT2D eigenvalue weighted by Gasteiger charge is -2.07. The SMILES string of the molecule is COC(=O)c1cccc(CCNC(=O)Nc2ncnn2C)c1. The van der Waals surface area contributed by atoms with Crippen LogP contribution < -0.4 is 10.6 Å². The zero-order chi connectivity index (χ0) is 15.9. The molecule has 0 atom stereocenters. The van der Waals surface area contributed by atoms with Crippen molar-refractivity contribution in [3.8, 4) is 0 Å². The van der Waals surface area contributed by atoms with Crippen molar-refractivity contribution >= 4 is 17.9 Å². The van der Waals surface area contributed by atoms with E-state index in [4.69, 9.17) is 0 Å². The van der Waals surface area contributed by atoms with Crippen LogP contribution in [-0.2, 0) is 18.2 Å². The van der Waals surface area contributed by atoms with E-state index < -0.39 is 0 Å². The van der Waals surface area contributed by atoms with Gasteiger partial charge >= 0.3 is 12.0 Å². The van der Waals surface area contributed by atoms with E-state index in [0.29, 0.717) is 24.5 Å². The molecule has 0 unspecified atom stereocenters. The number of carbonyl (C=O) groups excluding carboxylic acids is 2. The molecule has 0 saturated heterocycles. The van der Waals surface area contributed by atoms with Crippen molar-refractivity contribution in [2.75, 3.05) is 19.0 Å². The maximum absolute atomic E-state index is 11.7. The van der Waals surface area contributed by atoms with Gasteiger partial charge in [-0.3, -0.25) is 5.32 Å². The number of benzene rings is 1. The average Bonchev–Trinajstić information content (AvgIpc) is 2.92. The number of ether oxygens (including phenoxy) is 1. The number of anilines is 1. The first-order chi connectivity index (χ1) is 10.6. The van der Waals surface area contributed by atoms with E-state index in [2.05, 4.69) is 25.5 Å². The second-order valence-electron chi connectivity index (χ2n) is 4.53. The van der Waals surface area contributed by atoms with Gasteiger partial charge in [-0.25, -0.2) is 14.3 Å². The molecule has 2 aromatic rings. The molecule has 8 nitrogen and oxygen atoms in total. The number of hydrogen-bond donors (Lipinski definition) is 2. The number of carbonyl (C=O) groups is 2. The fourth-order valence-corrected chi connectivity index (χ4v) is 1.85. The molecular weight excluding hydrogens is 286 g/mol. The Kier molecular flexibility index (Phi) is 5.07. The van der Waals surface area contributed by atoms with Crippen LogP contribution in [0.2, 0.25) is 0 Å². The number of nitrogens with zero attached hydrogens (tertiary/aromatic N) is 3. The zero-order valence-electron chi connectivity index (χ0n) is 12.4. The highest BCUT2D eigenvalue weighted by atomic mass is 16.5. The number of rotatable bonds is 5. The fraction of sp³-hybridized carbons (Fsp3) is 0.286. The third-order valence-electron chi connectivity index (χ3n) is 2.98. The molecule has 2 amide bonds. The number of aromatic nitrogens is 3. The topological polar surface area (TPSA) is 98.1 Å². The highest BCUT2D eigenvalue weighted by Gasteiger charge is 2.07. The molecule has 0 fully saturated rings. The van der Waals surface area contributed by atoms with Crippen LogP contribution in [-0.4, -0.2) is 40.4 Å². The number of methoxy groups -OCH3 is 1. The molecule has 2 rings (SSSR count). The predicted molar refractivity (Wildman–Crippen MR) is 79.5 cm³/mol. The van der Waals surface area contributed by atoms with Gasteiger partial charge in [0, 0.05) is 13.6 Å². The lowest BCUT2D eigenvalue weighted by molar-refractivity contribution is 0.0600. The van der Waals surface area contributed by atoms with Crippen molar-refractivity contribution < 1.29 is 14.3 Å². The van der Waals surface area contributed by atoms with Crippen molar-refractivity contribution in [3.05, 3.63) is 41.7 Å². The van der Waals surface area contributed by atoms with Crippen molar-refractivity contribution in [2.45, 2.75) is 6.42 Å². The quantitative estimate of drug-likeness (QED) is 0.802. The second kappa shape index (κ2) is 7.21. The van der Waals surface area contributed by atoms with Gasteiger partial charge in [-0.05, 0) is 24.1 Å². The third kappa shape index (κ3) is 4.05. The molecule has 1 aromatic carbocycles. The Hall–Kier alpha value is -2.90. The van der Waals surface area contributed by atoms with Gasteiger partial charge in [0.15, 0.2) is 0 Å². The van der Waals surface area contributed by atoms with Crippen LogP contribution in [0.4, 0.5) is 10.7 Å². The summed E-state index contributed by atoms with van der Waals surface area (Å²) in [4.78, 5) is 27.0. The number of hydrogen-bond acceptors (Lipinski definition) is 5. The molecular formula is C14H17N5O3. The highest BCUT2D eigenvalue weighted by Crippen LogP contribution is 2.07. The van der Waals surface area contributed by atoms with E-state index in [1.165, 1.54) is 18.1 Å². The van der Waals surface area contributed by atoms with E-state index in [9.17, 15) is 9.59 Å². The fourth-order valence-electron chi connectivity index (χ4n) is 1.85. The lowest BCUT2D eigenvalue weighted by Crippen LogP contribution is -2.31. The summed E-state index contributed by atoms with van der Waals surface area (Å²) in [6.45, 7) is 0.425. The summed E-state index contributed by atoms with van der Waals surface area (Å²) < 4.78 is 6.13. The third-order valence-corrected chi connectivity index (χ3v) is 2.98. The Labute approximate surface area is 127 Å². The molecule has 0 aliphatic heterocycles. The summed E-state index contributed by atoms with van der Waals surface area (Å²) in [7, 11) is 3.02. The summed E-state index contributed by atoms with van der Waals surface area (Å²) in [5.74, 6) is -0.0139. The zero-order valence-corrected chi connectivity index (χ0v) is 12.4. The largest absolute Gasteiger partial charge is 0.465 e. The maximum atomic E-state index is 11.7. The Morgan fingerprint density at radius 3 is 2.86 bits per heavy atom. The molecule has 116 valence electrons. The molecule has 0 bridgehead atoms. The van der Waals surface area contributed by atoms with Crippen molar-refractivity contribution in [3.63, 3.8) is 0 Å². The summed E-state index contributed by atoms with van der Waals surface area (Å²) >= 11 is 0. The van der Waals surface area contributed by atoms with Gasteiger partial charge in [0.25, 0.3) is 0 Å². The van der Waals surface area contributed by atoms with E-state index in [1.807, 2.05) is 6.07 Å². The van der Waals surface area contributed by atoms with Crippen LogP contribution in [0.15, 0.2) is 30.6 Å². The Balaban J connectivity index is 1.82. The predicted octanol–water partition coefficient (Wildman–Crippen LogP) is 0.966. The number of amides is 2. The standard InChI is InChI=1S/C14H17N5O3/c1-19-13(16-9-17-19)18-14(21)15-7-6-10-4-3-5-11(8-10)12(20)22-2/h3-5,8-9H,6-7H2,1-2H3,(H2,15,16,17,18,21). The Morgan fingerprint density at radius 2 is 2.18 bits per heavy atom. The van der Waals surface area contributed by atoms with Crippen LogP contribution in [0, 0.1) is 0 Å². The van der Waals surface area contributed by atoms with Crippen molar-refractivity contribution in [1.82, 2.24) is 20.1 Å². The Bertz CT molecular complexity index is 668. The van der Waals surface area contributed by atoms with E-state index in [1.54, 1.807) is 25.2 Å². The summed E-state index contributed by atoms with van der Waals surface area (Å²) in [6, 6.07) is 6.73. The molecule has 0 aliphatic rings. The van der Waals surface area contributed by atoms with Gasteiger partial charge < -0.3 is 10.1 Å². The first kappa shape index (κ1) is 15.5. The maximum Gasteiger partial charge on any atom is 0.337 e. The molecule has 22 heavy (non-hydrogen) atoms. The lowest BCUT2D eigenvalue weighted by atomic mass is 10.1. The van der Waals surface area contributed by atoms with Crippen molar-refractivity contribution in [1.29, 1.82) is 0 Å². The smallest absolute Gasteiger partial charge is 0.337 e. The summed E-state index contributed by atoms with van der Waals surface area (Å²) in [5, 5.41) is 9.14. The summed E-state index contributed by atoms with van der Waals surface area (Å²) in [6.07, 6.45) is 1.95. The minimum Gasteiger partial charge on any atom is -0.465 e. The van der Waals surface area contributed by atoms with Gasteiger partial charge in [0.1, 0.15) is 6.33 Å².